The van der Waals surface area contributed by atoms with Gasteiger partial charge in [-0.1, -0.05) is 0 Å². The number of rotatable bonds is 6. The van der Waals surface area contributed by atoms with Crippen molar-refractivity contribution in [1.29, 1.82) is 0 Å². The van der Waals surface area contributed by atoms with Gasteiger partial charge in [-0.25, -0.2) is 4.98 Å². The quantitative estimate of drug-likeness (QED) is 0.862. The van der Waals surface area contributed by atoms with Gasteiger partial charge in [0.25, 0.3) is 0 Å². The maximum Gasteiger partial charge on any atom is 0.220 e. The van der Waals surface area contributed by atoms with E-state index in [1.54, 1.807) is 11.3 Å². The molecular weight excluding hydrogens is 258 g/mol. The van der Waals surface area contributed by atoms with Gasteiger partial charge >= 0.3 is 0 Å². The third kappa shape index (κ3) is 4.58. The second kappa shape index (κ2) is 7.01. The Morgan fingerprint density at radius 1 is 1.37 bits per heavy atom. The van der Waals surface area contributed by atoms with E-state index in [4.69, 9.17) is 0 Å². The molecule has 1 aromatic rings. The Kier molecular flexibility index (Phi) is 5.34. The Hall–Kier alpha value is -0.940. The zero-order valence-corrected chi connectivity index (χ0v) is 12.7. The Bertz CT molecular complexity index is 405. The number of aryl methyl sites for hydroxylation is 3. The van der Waals surface area contributed by atoms with Crippen molar-refractivity contribution in [3.63, 3.8) is 0 Å². The molecule has 0 spiro atoms. The molecule has 0 saturated carbocycles. The Morgan fingerprint density at radius 3 is 2.89 bits per heavy atom. The molecule has 1 aliphatic carbocycles. The number of hydrogen-bond acceptors (Lipinski definition) is 4. The number of hydrogen-bond donors (Lipinski definition) is 1. The lowest BCUT2D eigenvalue weighted by molar-refractivity contribution is -0.121. The van der Waals surface area contributed by atoms with Crippen LogP contribution in [-0.4, -0.2) is 43.0 Å². The predicted octanol–water partition coefficient (Wildman–Crippen LogP) is 1.63. The lowest BCUT2D eigenvalue weighted by Crippen LogP contribution is -2.31. The van der Waals surface area contributed by atoms with Crippen LogP contribution in [0.5, 0.6) is 0 Å². The molecule has 1 aliphatic rings. The highest BCUT2D eigenvalue weighted by atomic mass is 32.1. The van der Waals surface area contributed by atoms with Gasteiger partial charge in [-0.3, -0.25) is 4.79 Å². The zero-order valence-electron chi connectivity index (χ0n) is 11.9. The van der Waals surface area contributed by atoms with Gasteiger partial charge in [-0.15, -0.1) is 11.3 Å². The molecule has 19 heavy (non-hydrogen) atoms. The molecular formula is C14H23N3OS. The van der Waals surface area contributed by atoms with Gasteiger partial charge in [-0.05, 0) is 39.8 Å². The van der Waals surface area contributed by atoms with Gasteiger partial charge in [0, 0.05) is 30.8 Å². The van der Waals surface area contributed by atoms with Crippen molar-refractivity contribution in [3.8, 4) is 0 Å². The molecule has 0 aromatic carbocycles. The maximum atomic E-state index is 11.7. The van der Waals surface area contributed by atoms with E-state index in [1.165, 1.54) is 29.8 Å². The first-order valence-corrected chi connectivity index (χ1v) is 7.85. The summed E-state index contributed by atoms with van der Waals surface area (Å²) in [7, 11) is 4.01. The second-order valence-electron chi connectivity index (χ2n) is 5.34. The van der Waals surface area contributed by atoms with Gasteiger partial charge in [0.1, 0.15) is 0 Å². The third-order valence-electron chi connectivity index (χ3n) is 3.34. The highest BCUT2D eigenvalue weighted by Crippen LogP contribution is 2.27. The van der Waals surface area contributed by atoms with Crippen LogP contribution >= 0.6 is 11.3 Å². The minimum atomic E-state index is 0.134. The molecule has 4 nitrogen and oxygen atoms in total. The number of nitrogens with zero attached hydrogens (tertiary/aromatic N) is 2. The van der Waals surface area contributed by atoms with Crippen LogP contribution in [0.2, 0.25) is 0 Å². The fourth-order valence-electron chi connectivity index (χ4n) is 2.24. The van der Waals surface area contributed by atoms with E-state index in [0.717, 1.165) is 30.9 Å². The lowest BCUT2D eigenvalue weighted by Gasteiger charge is -2.09. The van der Waals surface area contributed by atoms with Crippen molar-refractivity contribution >= 4 is 17.2 Å². The number of aromatic nitrogens is 1. The molecule has 1 amide bonds. The number of thiazole rings is 1. The van der Waals surface area contributed by atoms with Crippen molar-refractivity contribution in [3.05, 3.63) is 15.6 Å². The molecule has 0 radical (unpaired) electrons. The Balaban J connectivity index is 1.72. The average Bonchev–Trinajstić information content (AvgIpc) is 2.78. The first kappa shape index (κ1) is 14.5. The molecule has 106 valence electrons. The summed E-state index contributed by atoms with van der Waals surface area (Å²) < 4.78 is 0. The summed E-state index contributed by atoms with van der Waals surface area (Å²) in [5, 5.41) is 4.08. The number of carbonyl (C=O) groups excluding carboxylic acids is 1. The topological polar surface area (TPSA) is 45.2 Å². The molecule has 0 bridgehead atoms. The van der Waals surface area contributed by atoms with Crippen molar-refractivity contribution < 1.29 is 4.79 Å². The van der Waals surface area contributed by atoms with Crippen molar-refractivity contribution in [2.45, 2.75) is 38.5 Å². The maximum absolute atomic E-state index is 11.7. The third-order valence-corrected chi connectivity index (χ3v) is 4.55. The largest absolute Gasteiger partial charge is 0.355 e. The summed E-state index contributed by atoms with van der Waals surface area (Å²) in [5.41, 5.74) is 1.29. The summed E-state index contributed by atoms with van der Waals surface area (Å²) >= 11 is 1.81. The molecule has 1 heterocycles. The van der Waals surface area contributed by atoms with Gasteiger partial charge in [-0.2, -0.15) is 0 Å². The predicted molar refractivity (Wildman–Crippen MR) is 78.6 cm³/mol. The molecule has 1 N–H and O–H groups in total. The number of amides is 1. The molecule has 0 saturated heterocycles. The monoisotopic (exact) mass is 281 g/mol. The molecule has 2 rings (SSSR count). The minimum absolute atomic E-state index is 0.134. The standard InChI is InChI=1S/C14H23N3OS/c1-17(2)10-9-15-13(18)7-8-14-16-11-5-3-4-6-12(11)19-14/h3-10H2,1-2H3,(H,15,18). The Labute approximate surface area is 119 Å². The number of fused-ring (bicyclic) bond motifs is 1. The zero-order chi connectivity index (χ0) is 13.7. The van der Waals surface area contributed by atoms with E-state index in [9.17, 15) is 4.79 Å². The summed E-state index contributed by atoms with van der Waals surface area (Å²) in [4.78, 5) is 19.9. The molecule has 0 fully saturated rings. The van der Waals surface area contributed by atoms with Crippen LogP contribution in [0.25, 0.3) is 0 Å². The Morgan fingerprint density at radius 2 is 2.16 bits per heavy atom. The van der Waals surface area contributed by atoms with Gasteiger partial charge in [0.05, 0.1) is 10.7 Å². The number of likely N-dealkylation sites (N-methyl/N-ethyl adjacent to an activating group) is 1. The van der Waals surface area contributed by atoms with Crippen molar-refractivity contribution in [1.82, 2.24) is 15.2 Å². The van der Waals surface area contributed by atoms with E-state index < -0.39 is 0 Å². The number of nitrogens with one attached hydrogen (secondary N) is 1. The molecule has 0 atom stereocenters. The van der Waals surface area contributed by atoms with Crippen LogP contribution in [0, 0.1) is 0 Å². The fraction of sp³-hybridized carbons (Fsp3) is 0.714. The molecule has 0 aliphatic heterocycles. The van der Waals surface area contributed by atoms with Crippen LogP contribution < -0.4 is 5.32 Å². The van der Waals surface area contributed by atoms with E-state index in [0.29, 0.717) is 6.42 Å². The van der Waals surface area contributed by atoms with Crippen LogP contribution in [-0.2, 0) is 24.1 Å². The summed E-state index contributed by atoms with van der Waals surface area (Å²) in [6.07, 6.45) is 6.20. The first-order valence-electron chi connectivity index (χ1n) is 7.04. The highest BCUT2D eigenvalue weighted by Gasteiger charge is 2.15. The molecule has 1 aromatic heterocycles. The average molecular weight is 281 g/mol. The smallest absolute Gasteiger partial charge is 0.220 e. The van der Waals surface area contributed by atoms with Crippen LogP contribution in [0.3, 0.4) is 0 Å². The van der Waals surface area contributed by atoms with E-state index in [-0.39, 0.29) is 5.91 Å². The minimum Gasteiger partial charge on any atom is -0.355 e. The van der Waals surface area contributed by atoms with E-state index in [1.807, 2.05) is 14.1 Å². The van der Waals surface area contributed by atoms with Gasteiger partial charge in [0.2, 0.25) is 5.91 Å². The molecule has 5 heteroatoms. The fourth-order valence-corrected chi connectivity index (χ4v) is 3.40. The second-order valence-corrected chi connectivity index (χ2v) is 6.51. The van der Waals surface area contributed by atoms with Crippen LogP contribution in [0.4, 0.5) is 0 Å². The normalized spacial score (nSPS) is 14.5. The lowest BCUT2D eigenvalue weighted by atomic mass is 10.0. The highest BCUT2D eigenvalue weighted by molar-refractivity contribution is 7.11. The summed E-state index contributed by atoms with van der Waals surface area (Å²) in [5.74, 6) is 0.134. The van der Waals surface area contributed by atoms with Crippen molar-refractivity contribution in [2.24, 2.45) is 0 Å². The SMILES string of the molecule is CN(C)CCNC(=O)CCc1nc2c(s1)CCCC2. The van der Waals surface area contributed by atoms with E-state index in [2.05, 4.69) is 15.2 Å². The summed E-state index contributed by atoms with van der Waals surface area (Å²) in [6.45, 7) is 1.61. The molecule has 0 unspecified atom stereocenters. The number of carbonyl (C=O) groups is 1. The van der Waals surface area contributed by atoms with Gasteiger partial charge in [0.15, 0.2) is 0 Å². The van der Waals surface area contributed by atoms with Crippen LogP contribution in [0.15, 0.2) is 0 Å². The van der Waals surface area contributed by atoms with Crippen LogP contribution in [0.1, 0.15) is 34.8 Å². The van der Waals surface area contributed by atoms with E-state index >= 15 is 0 Å². The first-order chi connectivity index (χ1) is 9.15. The van der Waals surface area contributed by atoms with Crippen molar-refractivity contribution in [2.75, 3.05) is 27.2 Å². The van der Waals surface area contributed by atoms with Gasteiger partial charge < -0.3 is 10.2 Å². The summed E-state index contributed by atoms with van der Waals surface area (Å²) in [6, 6.07) is 0.